The predicted octanol–water partition coefficient (Wildman–Crippen LogP) is 0.308. The molecule has 2 saturated heterocycles. The Kier molecular flexibility index (Phi) is 5.60. The van der Waals surface area contributed by atoms with Gasteiger partial charge in [-0.3, -0.25) is 4.79 Å². The zero-order chi connectivity index (χ0) is 13.7. The first-order chi connectivity index (χ1) is 9.16. The lowest BCUT2D eigenvalue weighted by Gasteiger charge is -2.27. The van der Waals surface area contributed by atoms with E-state index in [1.807, 2.05) is 11.9 Å². The summed E-state index contributed by atoms with van der Waals surface area (Å²) in [6, 6.07) is 0.521. The second-order valence-electron chi connectivity index (χ2n) is 5.81. The van der Waals surface area contributed by atoms with E-state index in [1.54, 1.807) is 0 Å². The van der Waals surface area contributed by atoms with Crippen molar-refractivity contribution < 1.29 is 9.53 Å². The van der Waals surface area contributed by atoms with Crippen LogP contribution in [0.1, 0.15) is 25.7 Å². The number of ether oxygens (including phenoxy) is 1. The first kappa shape index (κ1) is 14.8. The van der Waals surface area contributed by atoms with Crippen molar-refractivity contribution in [2.24, 2.45) is 0 Å². The van der Waals surface area contributed by atoms with Crippen molar-refractivity contribution in [3.8, 4) is 0 Å². The SMILES string of the molecule is CN(CC1CCCN1C)C(=O)COC1CCNCC1. The fourth-order valence-electron chi connectivity index (χ4n) is 2.89. The van der Waals surface area contributed by atoms with E-state index in [0.29, 0.717) is 6.04 Å². The van der Waals surface area contributed by atoms with E-state index in [-0.39, 0.29) is 18.6 Å². The number of likely N-dealkylation sites (tertiary alicyclic amines) is 1. The minimum atomic E-state index is 0.110. The van der Waals surface area contributed by atoms with Gasteiger partial charge < -0.3 is 19.9 Å². The molecule has 1 amide bonds. The molecule has 1 N–H and O–H groups in total. The highest BCUT2D eigenvalue weighted by Crippen LogP contribution is 2.15. The Balaban J connectivity index is 1.66. The maximum Gasteiger partial charge on any atom is 0.248 e. The van der Waals surface area contributed by atoms with Crippen LogP contribution in [0, 0.1) is 0 Å². The molecule has 0 aliphatic carbocycles. The molecule has 0 bridgehead atoms. The molecular weight excluding hydrogens is 242 g/mol. The summed E-state index contributed by atoms with van der Waals surface area (Å²) in [6.07, 6.45) is 4.73. The lowest BCUT2D eigenvalue weighted by molar-refractivity contribution is -0.138. The summed E-state index contributed by atoms with van der Waals surface area (Å²) < 4.78 is 5.71. The Hall–Kier alpha value is -0.650. The molecule has 0 spiro atoms. The fraction of sp³-hybridized carbons (Fsp3) is 0.929. The topological polar surface area (TPSA) is 44.8 Å². The van der Waals surface area contributed by atoms with E-state index in [2.05, 4.69) is 17.3 Å². The standard InChI is InChI=1S/C14H27N3O2/c1-16-9-3-4-12(16)10-17(2)14(18)11-19-13-5-7-15-8-6-13/h12-13,15H,3-11H2,1-2H3. The van der Waals surface area contributed by atoms with Gasteiger partial charge in [0.05, 0.1) is 6.10 Å². The molecule has 2 aliphatic heterocycles. The largest absolute Gasteiger partial charge is 0.368 e. The Bertz CT molecular complexity index is 292. The molecule has 0 saturated carbocycles. The van der Waals surface area contributed by atoms with Crippen LogP contribution in [0.3, 0.4) is 0 Å². The zero-order valence-electron chi connectivity index (χ0n) is 12.2. The Morgan fingerprint density at radius 3 is 2.74 bits per heavy atom. The maximum absolute atomic E-state index is 12.0. The van der Waals surface area contributed by atoms with Gasteiger partial charge >= 0.3 is 0 Å². The van der Waals surface area contributed by atoms with Crippen molar-refractivity contribution >= 4 is 5.91 Å². The van der Waals surface area contributed by atoms with Crippen molar-refractivity contribution in [3.63, 3.8) is 0 Å². The van der Waals surface area contributed by atoms with Crippen molar-refractivity contribution in [1.82, 2.24) is 15.1 Å². The summed E-state index contributed by atoms with van der Waals surface area (Å²) in [4.78, 5) is 16.2. The molecule has 2 fully saturated rings. The normalized spacial score (nSPS) is 25.7. The molecule has 110 valence electrons. The first-order valence-corrected chi connectivity index (χ1v) is 7.43. The molecule has 5 nitrogen and oxygen atoms in total. The van der Waals surface area contributed by atoms with E-state index in [4.69, 9.17) is 4.74 Å². The number of piperidine rings is 1. The van der Waals surface area contributed by atoms with Crippen LogP contribution >= 0.6 is 0 Å². The monoisotopic (exact) mass is 269 g/mol. The number of nitrogens with zero attached hydrogens (tertiary/aromatic N) is 2. The van der Waals surface area contributed by atoms with E-state index in [1.165, 1.54) is 12.8 Å². The van der Waals surface area contributed by atoms with Gasteiger partial charge in [0.25, 0.3) is 0 Å². The third kappa shape index (κ3) is 4.44. The quantitative estimate of drug-likeness (QED) is 0.780. The average molecular weight is 269 g/mol. The van der Waals surface area contributed by atoms with Crippen molar-refractivity contribution in [1.29, 1.82) is 0 Å². The minimum absolute atomic E-state index is 0.110. The van der Waals surface area contributed by atoms with E-state index in [0.717, 1.165) is 39.0 Å². The van der Waals surface area contributed by atoms with Crippen LogP contribution in [-0.2, 0) is 9.53 Å². The molecule has 19 heavy (non-hydrogen) atoms. The first-order valence-electron chi connectivity index (χ1n) is 7.43. The summed E-state index contributed by atoms with van der Waals surface area (Å²) in [5.74, 6) is 0.110. The van der Waals surface area contributed by atoms with Crippen LogP contribution in [0.5, 0.6) is 0 Å². The van der Waals surface area contributed by atoms with Crippen LogP contribution in [0.2, 0.25) is 0 Å². The van der Waals surface area contributed by atoms with Crippen molar-refractivity contribution in [2.45, 2.75) is 37.8 Å². The molecule has 0 aromatic rings. The summed E-state index contributed by atoms with van der Waals surface area (Å²) in [5, 5.41) is 3.30. The smallest absolute Gasteiger partial charge is 0.248 e. The molecule has 0 aromatic carbocycles. The number of hydrogen-bond donors (Lipinski definition) is 1. The van der Waals surface area contributed by atoms with Crippen LogP contribution in [0.4, 0.5) is 0 Å². The van der Waals surface area contributed by atoms with Crippen LogP contribution in [0.25, 0.3) is 0 Å². The van der Waals surface area contributed by atoms with Gasteiger partial charge in [-0.1, -0.05) is 0 Å². The van der Waals surface area contributed by atoms with Gasteiger partial charge in [-0.25, -0.2) is 0 Å². The molecule has 1 unspecified atom stereocenters. The third-order valence-electron chi connectivity index (χ3n) is 4.31. The lowest BCUT2D eigenvalue weighted by atomic mass is 10.1. The Labute approximate surface area is 116 Å². The molecule has 2 aliphatic rings. The van der Waals surface area contributed by atoms with E-state index < -0.39 is 0 Å². The summed E-state index contributed by atoms with van der Waals surface area (Å²) in [6.45, 7) is 4.21. The number of amides is 1. The molecule has 0 radical (unpaired) electrons. The van der Waals surface area contributed by atoms with E-state index >= 15 is 0 Å². The van der Waals surface area contributed by atoms with Gasteiger partial charge in [-0.15, -0.1) is 0 Å². The number of nitrogens with one attached hydrogen (secondary N) is 1. The fourth-order valence-corrected chi connectivity index (χ4v) is 2.89. The average Bonchev–Trinajstić information content (AvgIpc) is 2.82. The van der Waals surface area contributed by atoms with Gasteiger partial charge in [-0.05, 0) is 52.4 Å². The number of carbonyl (C=O) groups is 1. The number of rotatable bonds is 5. The van der Waals surface area contributed by atoms with Gasteiger partial charge in [0.1, 0.15) is 6.61 Å². The highest BCUT2D eigenvalue weighted by molar-refractivity contribution is 5.77. The number of carbonyl (C=O) groups excluding carboxylic acids is 1. The maximum atomic E-state index is 12.0. The molecule has 5 heteroatoms. The molecular formula is C14H27N3O2. The van der Waals surface area contributed by atoms with Crippen molar-refractivity contribution in [2.75, 3.05) is 46.9 Å². The van der Waals surface area contributed by atoms with Crippen molar-refractivity contribution in [3.05, 3.63) is 0 Å². The highest BCUT2D eigenvalue weighted by Gasteiger charge is 2.24. The molecule has 1 atom stereocenters. The second kappa shape index (κ2) is 7.22. The number of likely N-dealkylation sites (N-methyl/N-ethyl adjacent to an activating group) is 2. The van der Waals surface area contributed by atoms with Crippen LogP contribution in [-0.4, -0.2) is 74.7 Å². The molecule has 2 heterocycles. The van der Waals surface area contributed by atoms with Gasteiger partial charge in [-0.2, -0.15) is 0 Å². The summed E-state index contributed by atoms with van der Waals surface area (Å²) in [5.41, 5.74) is 0. The Morgan fingerprint density at radius 2 is 2.11 bits per heavy atom. The van der Waals surface area contributed by atoms with Crippen LogP contribution < -0.4 is 5.32 Å². The summed E-state index contributed by atoms with van der Waals surface area (Å²) >= 11 is 0. The summed E-state index contributed by atoms with van der Waals surface area (Å²) in [7, 11) is 4.03. The third-order valence-corrected chi connectivity index (χ3v) is 4.31. The highest BCUT2D eigenvalue weighted by atomic mass is 16.5. The van der Waals surface area contributed by atoms with Crippen LogP contribution in [0.15, 0.2) is 0 Å². The van der Waals surface area contributed by atoms with Gasteiger partial charge in [0.15, 0.2) is 0 Å². The lowest BCUT2D eigenvalue weighted by Crippen LogP contribution is -2.42. The predicted molar refractivity (Wildman–Crippen MR) is 75.1 cm³/mol. The zero-order valence-corrected chi connectivity index (χ0v) is 12.2. The van der Waals surface area contributed by atoms with Gasteiger partial charge in [0.2, 0.25) is 5.91 Å². The molecule has 2 rings (SSSR count). The number of hydrogen-bond acceptors (Lipinski definition) is 4. The molecule has 0 aromatic heterocycles. The Morgan fingerprint density at radius 1 is 1.37 bits per heavy atom. The second-order valence-corrected chi connectivity index (χ2v) is 5.81. The minimum Gasteiger partial charge on any atom is -0.368 e. The van der Waals surface area contributed by atoms with Gasteiger partial charge in [0, 0.05) is 19.6 Å². The van der Waals surface area contributed by atoms with E-state index in [9.17, 15) is 4.79 Å².